The average molecular weight is 287 g/mol. The summed E-state index contributed by atoms with van der Waals surface area (Å²) in [7, 11) is 0. The molecule has 1 aromatic rings. The number of nitrogens with one attached hydrogen (secondary N) is 1. The molecule has 1 saturated heterocycles. The van der Waals surface area contributed by atoms with Crippen molar-refractivity contribution in [2.75, 3.05) is 0 Å². The molecule has 0 amide bonds. The Bertz CT molecular complexity index is 498. The lowest BCUT2D eigenvalue weighted by atomic mass is 9.84. The molecule has 1 saturated carbocycles. The molecule has 1 N–H and O–H groups in total. The van der Waals surface area contributed by atoms with Crippen molar-refractivity contribution in [3.05, 3.63) is 29.8 Å². The first-order valence-electron chi connectivity index (χ1n) is 8.21. The normalized spacial score (nSPS) is 28.4. The predicted octanol–water partition coefficient (Wildman–Crippen LogP) is 3.58. The lowest BCUT2D eigenvalue weighted by molar-refractivity contribution is 0.0943. The van der Waals surface area contributed by atoms with Crippen molar-refractivity contribution >= 4 is 5.78 Å². The van der Waals surface area contributed by atoms with Gasteiger partial charge in [-0.1, -0.05) is 25.0 Å². The molecule has 2 fully saturated rings. The van der Waals surface area contributed by atoms with E-state index in [4.69, 9.17) is 4.74 Å². The van der Waals surface area contributed by atoms with Crippen LogP contribution in [0.15, 0.2) is 24.3 Å². The maximum atomic E-state index is 12.9. The Balaban J connectivity index is 1.76. The summed E-state index contributed by atoms with van der Waals surface area (Å²) >= 11 is 0. The van der Waals surface area contributed by atoms with Crippen LogP contribution in [-0.4, -0.2) is 24.0 Å². The fourth-order valence-corrected chi connectivity index (χ4v) is 3.74. The Morgan fingerprint density at radius 2 is 2.00 bits per heavy atom. The molecule has 0 spiro atoms. The molecule has 21 heavy (non-hydrogen) atoms. The molecular formula is C18H25NO2. The molecule has 1 aromatic carbocycles. The summed E-state index contributed by atoms with van der Waals surface area (Å²) in [6.45, 7) is 3.98. The molecule has 3 unspecified atom stereocenters. The largest absolute Gasteiger partial charge is 0.490 e. The number of carbonyl (C=O) groups is 1. The lowest BCUT2D eigenvalue weighted by Crippen LogP contribution is -2.37. The zero-order valence-corrected chi connectivity index (χ0v) is 13.0. The highest BCUT2D eigenvalue weighted by Crippen LogP contribution is 2.35. The Labute approximate surface area is 127 Å². The summed E-state index contributed by atoms with van der Waals surface area (Å²) in [6.07, 6.45) is 6.17. The van der Waals surface area contributed by atoms with Crippen LogP contribution < -0.4 is 10.1 Å². The molecule has 1 aliphatic carbocycles. The topological polar surface area (TPSA) is 38.3 Å². The van der Waals surface area contributed by atoms with E-state index in [1.807, 2.05) is 38.1 Å². The molecule has 3 heteroatoms. The third-order valence-corrected chi connectivity index (χ3v) is 4.69. The maximum absolute atomic E-state index is 12.9. The quantitative estimate of drug-likeness (QED) is 0.860. The minimum absolute atomic E-state index is 0.0324. The minimum atomic E-state index is -0.0324. The van der Waals surface area contributed by atoms with Gasteiger partial charge in [0, 0.05) is 6.04 Å². The molecule has 1 aliphatic heterocycles. The zero-order chi connectivity index (χ0) is 14.8. The smallest absolute Gasteiger partial charge is 0.183 e. The number of hydrogen-bond donors (Lipinski definition) is 1. The molecule has 0 radical (unpaired) electrons. The Hall–Kier alpha value is -1.35. The summed E-state index contributed by atoms with van der Waals surface area (Å²) in [4.78, 5) is 12.9. The molecule has 3 atom stereocenters. The van der Waals surface area contributed by atoms with E-state index in [0.29, 0.717) is 17.7 Å². The standard InChI is InChI=1S/C18H25NO2/c1-12(2)21-17-10-6-4-8-14(17)18(20)16-11-13-7-3-5-9-15(13)19-16/h4,6,8,10,12-13,15-16,19H,3,5,7,9,11H2,1-2H3. The average Bonchev–Trinajstić information content (AvgIpc) is 2.90. The molecule has 114 valence electrons. The van der Waals surface area contributed by atoms with Gasteiger partial charge in [-0.2, -0.15) is 0 Å². The minimum Gasteiger partial charge on any atom is -0.490 e. The summed E-state index contributed by atoms with van der Waals surface area (Å²) < 4.78 is 5.80. The van der Waals surface area contributed by atoms with Gasteiger partial charge in [0.25, 0.3) is 0 Å². The summed E-state index contributed by atoms with van der Waals surface area (Å²) in [5.74, 6) is 1.60. The van der Waals surface area contributed by atoms with Gasteiger partial charge in [0.2, 0.25) is 0 Å². The fraction of sp³-hybridized carbons (Fsp3) is 0.611. The van der Waals surface area contributed by atoms with Crippen molar-refractivity contribution in [3.63, 3.8) is 0 Å². The van der Waals surface area contributed by atoms with Gasteiger partial charge >= 0.3 is 0 Å². The Morgan fingerprint density at radius 1 is 1.24 bits per heavy atom. The van der Waals surface area contributed by atoms with E-state index < -0.39 is 0 Å². The number of carbonyl (C=O) groups excluding carboxylic acids is 1. The summed E-state index contributed by atoms with van der Waals surface area (Å²) in [6, 6.07) is 8.15. The first-order valence-corrected chi connectivity index (χ1v) is 8.21. The predicted molar refractivity (Wildman–Crippen MR) is 83.8 cm³/mol. The van der Waals surface area contributed by atoms with E-state index in [1.54, 1.807) is 0 Å². The number of rotatable bonds is 4. The van der Waals surface area contributed by atoms with Gasteiger partial charge in [-0.3, -0.25) is 4.79 Å². The van der Waals surface area contributed by atoms with Gasteiger partial charge < -0.3 is 10.1 Å². The number of benzene rings is 1. The van der Waals surface area contributed by atoms with Crippen molar-refractivity contribution in [1.29, 1.82) is 0 Å². The highest BCUT2D eigenvalue weighted by Gasteiger charge is 2.38. The van der Waals surface area contributed by atoms with Crippen molar-refractivity contribution in [1.82, 2.24) is 5.32 Å². The van der Waals surface area contributed by atoms with E-state index in [0.717, 1.165) is 12.0 Å². The van der Waals surface area contributed by atoms with Crippen LogP contribution in [0.1, 0.15) is 56.3 Å². The van der Waals surface area contributed by atoms with Gasteiger partial charge in [0.1, 0.15) is 5.75 Å². The van der Waals surface area contributed by atoms with Crippen LogP contribution in [0.4, 0.5) is 0 Å². The third-order valence-electron chi connectivity index (χ3n) is 4.69. The van der Waals surface area contributed by atoms with E-state index >= 15 is 0 Å². The highest BCUT2D eigenvalue weighted by atomic mass is 16.5. The van der Waals surface area contributed by atoms with Crippen molar-refractivity contribution in [2.24, 2.45) is 5.92 Å². The van der Waals surface area contributed by atoms with E-state index in [9.17, 15) is 4.79 Å². The SMILES string of the molecule is CC(C)Oc1ccccc1C(=O)C1CC2CCCCC2N1. The number of fused-ring (bicyclic) bond motifs is 1. The monoisotopic (exact) mass is 287 g/mol. The maximum Gasteiger partial charge on any atom is 0.183 e. The van der Waals surface area contributed by atoms with Gasteiger partial charge in [0.05, 0.1) is 17.7 Å². The first kappa shape index (κ1) is 14.6. The van der Waals surface area contributed by atoms with Crippen LogP contribution in [0, 0.1) is 5.92 Å². The van der Waals surface area contributed by atoms with E-state index in [-0.39, 0.29) is 17.9 Å². The number of hydrogen-bond acceptors (Lipinski definition) is 3. The second kappa shape index (κ2) is 6.18. The van der Waals surface area contributed by atoms with Crippen molar-refractivity contribution < 1.29 is 9.53 Å². The van der Waals surface area contributed by atoms with E-state index in [1.165, 1.54) is 25.7 Å². The zero-order valence-electron chi connectivity index (χ0n) is 13.0. The Morgan fingerprint density at radius 3 is 2.76 bits per heavy atom. The van der Waals surface area contributed by atoms with Gasteiger partial charge in [0.15, 0.2) is 5.78 Å². The van der Waals surface area contributed by atoms with Crippen molar-refractivity contribution in [2.45, 2.75) is 64.1 Å². The second-order valence-electron chi connectivity index (χ2n) is 6.63. The lowest BCUT2D eigenvalue weighted by Gasteiger charge is -2.24. The number of ketones is 1. The number of Topliss-reactive ketones (excluding diaryl/α,β-unsaturated/α-hetero) is 1. The summed E-state index contributed by atoms with van der Waals surface area (Å²) in [5.41, 5.74) is 0.724. The van der Waals surface area contributed by atoms with Crippen LogP contribution in [0.5, 0.6) is 5.75 Å². The molecule has 1 heterocycles. The first-order chi connectivity index (χ1) is 10.1. The van der Waals surface area contributed by atoms with Crippen molar-refractivity contribution in [3.8, 4) is 5.75 Å². The van der Waals surface area contributed by atoms with Crippen LogP contribution >= 0.6 is 0 Å². The van der Waals surface area contributed by atoms with Crippen LogP contribution in [0.25, 0.3) is 0 Å². The highest BCUT2D eigenvalue weighted by molar-refractivity contribution is 6.02. The van der Waals surface area contributed by atoms with Gasteiger partial charge in [-0.05, 0) is 51.2 Å². The number of ether oxygens (including phenoxy) is 1. The van der Waals surface area contributed by atoms with Crippen LogP contribution in [0.2, 0.25) is 0 Å². The summed E-state index contributed by atoms with van der Waals surface area (Å²) in [5, 5.41) is 3.57. The third kappa shape index (κ3) is 3.13. The van der Waals surface area contributed by atoms with Gasteiger partial charge in [-0.25, -0.2) is 0 Å². The Kier molecular flexibility index (Phi) is 4.29. The van der Waals surface area contributed by atoms with Crippen LogP contribution in [0.3, 0.4) is 0 Å². The second-order valence-corrected chi connectivity index (χ2v) is 6.63. The molecule has 3 nitrogen and oxygen atoms in total. The molecule has 2 aliphatic rings. The van der Waals surface area contributed by atoms with Gasteiger partial charge in [-0.15, -0.1) is 0 Å². The molecule has 3 rings (SSSR count). The number of para-hydroxylation sites is 1. The fourth-order valence-electron chi connectivity index (χ4n) is 3.74. The molecule has 0 aromatic heterocycles. The molecule has 0 bridgehead atoms. The van der Waals surface area contributed by atoms with E-state index in [2.05, 4.69) is 5.32 Å². The van der Waals surface area contributed by atoms with Crippen LogP contribution in [-0.2, 0) is 0 Å². The molecular weight excluding hydrogens is 262 g/mol.